The van der Waals surface area contributed by atoms with E-state index in [0.29, 0.717) is 0 Å². The Morgan fingerprint density at radius 1 is 1.46 bits per heavy atom. The molecule has 0 atom stereocenters. The van der Waals surface area contributed by atoms with E-state index in [1.807, 2.05) is 13.8 Å². The highest BCUT2D eigenvalue weighted by Crippen LogP contribution is 2.19. The molecular weight excluding hydrogens is 176 g/mol. The number of hydrogen-bond acceptors (Lipinski definition) is 2. The minimum absolute atomic E-state index is 0.0128. The molecule has 4 heteroatoms. The quantitative estimate of drug-likeness (QED) is 0.723. The fourth-order valence-electron chi connectivity index (χ4n) is 0.863. The molecule has 1 rings (SSSR count). The molecule has 0 aliphatic rings. The Labute approximate surface area is 75.6 Å². The van der Waals surface area contributed by atoms with Crippen molar-refractivity contribution in [3.8, 4) is 5.75 Å². The lowest BCUT2D eigenvalue weighted by atomic mass is 10.1. The second-order valence-electron chi connectivity index (χ2n) is 2.91. The molecule has 2 nitrogen and oxygen atoms in total. The molecule has 1 heterocycles. The van der Waals surface area contributed by atoms with Crippen LogP contribution in [0.1, 0.15) is 25.3 Å². The molecule has 0 aliphatic carbocycles. The SMILES string of the molecule is CC(C)c1cn[c]c(OC(F)F)c1. The van der Waals surface area contributed by atoms with Crippen LogP contribution in [0.3, 0.4) is 0 Å². The van der Waals surface area contributed by atoms with Crippen molar-refractivity contribution in [2.75, 3.05) is 0 Å². The minimum atomic E-state index is -2.82. The van der Waals surface area contributed by atoms with Crippen molar-refractivity contribution in [1.29, 1.82) is 0 Å². The molecule has 1 radical (unpaired) electrons. The largest absolute Gasteiger partial charge is 0.432 e. The van der Waals surface area contributed by atoms with E-state index < -0.39 is 6.61 Å². The predicted molar refractivity (Wildman–Crippen MR) is 43.8 cm³/mol. The number of rotatable bonds is 3. The zero-order valence-corrected chi connectivity index (χ0v) is 7.42. The van der Waals surface area contributed by atoms with Crippen LogP contribution < -0.4 is 4.74 Å². The van der Waals surface area contributed by atoms with Gasteiger partial charge in [0.25, 0.3) is 0 Å². The van der Waals surface area contributed by atoms with E-state index in [9.17, 15) is 8.78 Å². The highest BCUT2D eigenvalue weighted by Gasteiger charge is 2.07. The van der Waals surface area contributed by atoms with Crippen LogP contribution in [0.25, 0.3) is 0 Å². The number of nitrogens with zero attached hydrogens (tertiary/aromatic N) is 1. The average molecular weight is 186 g/mol. The molecule has 1 aromatic heterocycles. The summed E-state index contributed by atoms with van der Waals surface area (Å²) in [4.78, 5) is 3.68. The number of pyridine rings is 1. The van der Waals surface area contributed by atoms with Gasteiger partial charge >= 0.3 is 6.61 Å². The van der Waals surface area contributed by atoms with Crippen molar-refractivity contribution < 1.29 is 13.5 Å². The Morgan fingerprint density at radius 2 is 2.15 bits per heavy atom. The van der Waals surface area contributed by atoms with Crippen LogP contribution in [0, 0.1) is 6.20 Å². The third-order valence-electron chi connectivity index (χ3n) is 1.57. The van der Waals surface area contributed by atoms with E-state index in [2.05, 4.69) is 15.9 Å². The number of hydrogen-bond donors (Lipinski definition) is 0. The highest BCUT2D eigenvalue weighted by atomic mass is 19.3. The van der Waals surface area contributed by atoms with Gasteiger partial charge in [0.1, 0.15) is 6.20 Å². The molecule has 0 bridgehead atoms. The summed E-state index contributed by atoms with van der Waals surface area (Å²) in [7, 11) is 0. The molecule has 0 spiro atoms. The number of halogens is 2. The molecule has 13 heavy (non-hydrogen) atoms. The lowest BCUT2D eigenvalue weighted by molar-refractivity contribution is -0.0503. The van der Waals surface area contributed by atoms with Gasteiger partial charge in [-0.2, -0.15) is 8.78 Å². The third kappa shape index (κ3) is 2.97. The summed E-state index contributed by atoms with van der Waals surface area (Å²) in [5.74, 6) is 0.225. The Bertz CT molecular complexity index is 276. The standard InChI is InChI=1S/C9H10F2NO/c1-6(2)7-3-8(5-12-4-7)13-9(10)11/h3-4,6,9H,1-2H3. The van der Waals surface area contributed by atoms with Crippen LogP contribution >= 0.6 is 0 Å². The second-order valence-corrected chi connectivity index (χ2v) is 2.91. The van der Waals surface area contributed by atoms with Crippen LogP contribution in [-0.4, -0.2) is 11.6 Å². The van der Waals surface area contributed by atoms with E-state index >= 15 is 0 Å². The maximum atomic E-state index is 11.8. The first kappa shape index (κ1) is 9.89. The Hall–Kier alpha value is -1.19. The first-order valence-corrected chi connectivity index (χ1v) is 3.92. The van der Waals surface area contributed by atoms with Crippen LogP contribution in [-0.2, 0) is 0 Å². The number of ether oxygens (including phenoxy) is 1. The van der Waals surface area contributed by atoms with Crippen molar-refractivity contribution >= 4 is 0 Å². The topological polar surface area (TPSA) is 22.1 Å². The molecule has 71 valence electrons. The monoisotopic (exact) mass is 186 g/mol. The predicted octanol–water partition coefficient (Wildman–Crippen LogP) is 2.61. The Balaban J connectivity index is 2.79. The summed E-state index contributed by atoms with van der Waals surface area (Å²) < 4.78 is 27.7. The van der Waals surface area contributed by atoms with Gasteiger partial charge in [-0.3, -0.25) is 4.98 Å². The van der Waals surface area contributed by atoms with Gasteiger partial charge in [-0.15, -0.1) is 0 Å². The summed E-state index contributed by atoms with van der Waals surface area (Å²) in [5, 5.41) is 0. The van der Waals surface area contributed by atoms with Crippen molar-refractivity contribution in [1.82, 2.24) is 4.98 Å². The van der Waals surface area contributed by atoms with E-state index in [1.165, 1.54) is 6.07 Å². The lowest BCUT2D eigenvalue weighted by Crippen LogP contribution is -2.03. The summed E-state index contributed by atoms with van der Waals surface area (Å²) in [6, 6.07) is 1.52. The van der Waals surface area contributed by atoms with E-state index in [-0.39, 0.29) is 11.7 Å². The maximum Gasteiger partial charge on any atom is 0.387 e. The molecule has 0 saturated carbocycles. The zero-order chi connectivity index (χ0) is 9.84. The van der Waals surface area contributed by atoms with Crippen molar-refractivity contribution in [3.05, 3.63) is 24.0 Å². The smallest absolute Gasteiger partial charge is 0.387 e. The van der Waals surface area contributed by atoms with Gasteiger partial charge < -0.3 is 4.74 Å². The molecule has 0 amide bonds. The van der Waals surface area contributed by atoms with Gasteiger partial charge in [0.05, 0.1) is 0 Å². The molecule has 0 N–H and O–H groups in total. The average Bonchev–Trinajstić information content (AvgIpc) is 2.03. The zero-order valence-electron chi connectivity index (χ0n) is 7.42. The molecular formula is C9H10F2NO. The molecule has 0 saturated heterocycles. The Kier molecular flexibility index (Phi) is 3.17. The van der Waals surface area contributed by atoms with Crippen molar-refractivity contribution in [2.45, 2.75) is 26.4 Å². The molecule has 1 aromatic rings. The molecule has 0 aromatic carbocycles. The summed E-state index contributed by atoms with van der Waals surface area (Å²) >= 11 is 0. The van der Waals surface area contributed by atoms with E-state index in [0.717, 1.165) is 5.56 Å². The van der Waals surface area contributed by atoms with Gasteiger partial charge in [-0.05, 0) is 17.5 Å². The van der Waals surface area contributed by atoms with E-state index in [1.54, 1.807) is 6.20 Å². The summed E-state index contributed by atoms with van der Waals surface area (Å²) in [5.41, 5.74) is 0.856. The molecule has 0 fully saturated rings. The fourth-order valence-corrected chi connectivity index (χ4v) is 0.863. The Morgan fingerprint density at radius 3 is 2.69 bits per heavy atom. The summed E-state index contributed by atoms with van der Waals surface area (Å²) in [6.07, 6.45) is 3.93. The van der Waals surface area contributed by atoms with Crippen LogP contribution in [0.15, 0.2) is 12.3 Å². The summed E-state index contributed by atoms with van der Waals surface area (Å²) in [6.45, 7) is 1.08. The number of alkyl halides is 2. The van der Waals surface area contributed by atoms with Gasteiger partial charge in [0, 0.05) is 6.20 Å². The van der Waals surface area contributed by atoms with Gasteiger partial charge in [-0.25, -0.2) is 0 Å². The van der Waals surface area contributed by atoms with Gasteiger partial charge in [0.15, 0.2) is 5.75 Å². The van der Waals surface area contributed by atoms with Crippen LogP contribution in [0.2, 0.25) is 0 Å². The number of aromatic nitrogens is 1. The fraction of sp³-hybridized carbons (Fsp3) is 0.444. The van der Waals surface area contributed by atoms with Gasteiger partial charge in [0.2, 0.25) is 0 Å². The lowest BCUT2D eigenvalue weighted by Gasteiger charge is -2.07. The van der Waals surface area contributed by atoms with E-state index in [4.69, 9.17) is 0 Å². The van der Waals surface area contributed by atoms with Crippen LogP contribution in [0.5, 0.6) is 5.75 Å². The first-order valence-electron chi connectivity index (χ1n) is 3.92. The van der Waals surface area contributed by atoms with Crippen molar-refractivity contribution in [2.24, 2.45) is 0 Å². The minimum Gasteiger partial charge on any atom is -0.432 e. The second kappa shape index (κ2) is 4.16. The third-order valence-corrected chi connectivity index (χ3v) is 1.57. The van der Waals surface area contributed by atoms with Crippen molar-refractivity contribution in [3.63, 3.8) is 0 Å². The van der Waals surface area contributed by atoms with Crippen LogP contribution in [0.4, 0.5) is 8.78 Å². The normalized spacial score (nSPS) is 10.9. The molecule has 0 aliphatic heterocycles. The van der Waals surface area contributed by atoms with Gasteiger partial charge in [-0.1, -0.05) is 13.8 Å². The maximum absolute atomic E-state index is 11.8. The molecule has 0 unspecified atom stereocenters. The first-order chi connectivity index (χ1) is 6.09. The highest BCUT2D eigenvalue weighted by molar-refractivity contribution is 5.24.